The van der Waals surface area contributed by atoms with Gasteiger partial charge in [-0.3, -0.25) is 9.59 Å². The average molecular weight is 307 g/mol. The number of hydrogen-bond acceptors (Lipinski definition) is 3. The quantitative estimate of drug-likeness (QED) is 0.869. The first-order chi connectivity index (χ1) is 10.5. The van der Waals surface area contributed by atoms with E-state index in [4.69, 9.17) is 5.73 Å². The lowest BCUT2D eigenvalue weighted by atomic mass is 9.95. The lowest BCUT2D eigenvalue weighted by Gasteiger charge is -2.31. The molecule has 1 aromatic rings. The minimum absolute atomic E-state index is 0.00977. The summed E-state index contributed by atoms with van der Waals surface area (Å²) in [6.45, 7) is 3.16. The molecule has 1 heterocycles. The molecule has 2 amide bonds. The molecule has 0 aromatic heterocycles. The van der Waals surface area contributed by atoms with E-state index >= 15 is 0 Å². The molecule has 120 valence electrons. The van der Waals surface area contributed by atoms with Gasteiger partial charge in [0.25, 0.3) is 0 Å². The summed E-state index contributed by atoms with van der Waals surface area (Å²) in [4.78, 5) is 25.3. The molecule has 0 aliphatic carbocycles. The molecule has 3 N–H and O–H groups in total. The maximum absolute atomic E-state index is 13.5. The third kappa shape index (κ3) is 4.04. The Bertz CT molecular complexity index is 554. The third-order valence-corrected chi connectivity index (χ3v) is 4.10. The zero-order valence-electron chi connectivity index (χ0n) is 12.8. The Kier molecular flexibility index (Phi) is 5.49. The Morgan fingerprint density at radius 3 is 2.64 bits per heavy atom. The highest BCUT2D eigenvalue weighted by molar-refractivity contribution is 5.80. The normalized spacial score (nSPS) is 15.7. The van der Waals surface area contributed by atoms with E-state index in [-0.39, 0.29) is 30.1 Å². The van der Waals surface area contributed by atoms with Crippen LogP contribution in [-0.4, -0.2) is 36.3 Å². The van der Waals surface area contributed by atoms with E-state index in [9.17, 15) is 14.0 Å². The molecule has 2 rings (SSSR count). The van der Waals surface area contributed by atoms with Crippen LogP contribution in [0.5, 0.6) is 0 Å². The fourth-order valence-corrected chi connectivity index (χ4v) is 2.60. The van der Waals surface area contributed by atoms with Gasteiger partial charge in [0.2, 0.25) is 11.8 Å². The van der Waals surface area contributed by atoms with Crippen molar-refractivity contribution in [3.63, 3.8) is 0 Å². The molecule has 0 unspecified atom stereocenters. The number of likely N-dealkylation sites (tertiary alicyclic amines) is 1. The summed E-state index contributed by atoms with van der Waals surface area (Å²) in [6, 6.07) is 4.95. The second kappa shape index (κ2) is 7.35. The van der Waals surface area contributed by atoms with Gasteiger partial charge in [0.1, 0.15) is 5.82 Å². The van der Waals surface area contributed by atoms with Crippen LogP contribution in [0.25, 0.3) is 0 Å². The van der Waals surface area contributed by atoms with Gasteiger partial charge in [-0.15, -0.1) is 0 Å². The first-order valence-electron chi connectivity index (χ1n) is 7.52. The first kappa shape index (κ1) is 16.4. The highest BCUT2D eigenvalue weighted by Crippen LogP contribution is 2.17. The fraction of sp³-hybridized carbons (Fsp3) is 0.500. The topological polar surface area (TPSA) is 75.4 Å². The second-order valence-electron chi connectivity index (χ2n) is 5.66. The van der Waals surface area contributed by atoms with Crippen molar-refractivity contribution in [3.8, 4) is 0 Å². The van der Waals surface area contributed by atoms with Crippen molar-refractivity contribution in [1.82, 2.24) is 10.2 Å². The third-order valence-electron chi connectivity index (χ3n) is 4.10. The van der Waals surface area contributed by atoms with Gasteiger partial charge in [0.15, 0.2) is 0 Å². The van der Waals surface area contributed by atoms with Crippen LogP contribution < -0.4 is 11.1 Å². The number of nitrogens with two attached hydrogens (primary N) is 1. The minimum Gasteiger partial charge on any atom is -0.352 e. The molecule has 0 spiro atoms. The van der Waals surface area contributed by atoms with Crippen LogP contribution in [0.2, 0.25) is 0 Å². The van der Waals surface area contributed by atoms with Gasteiger partial charge in [0, 0.05) is 25.6 Å². The Morgan fingerprint density at radius 2 is 2.05 bits per heavy atom. The van der Waals surface area contributed by atoms with Crippen LogP contribution in [0.15, 0.2) is 18.2 Å². The van der Waals surface area contributed by atoms with Crippen molar-refractivity contribution < 1.29 is 14.0 Å². The molecule has 5 nitrogen and oxygen atoms in total. The number of nitrogens with zero attached hydrogens (tertiary/aromatic N) is 1. The van der Waals surface area contributed by atoms with Crippen LogP contribution in [0.3, 0.4) is 0 Å². The van der Waals surface area contributed by atoms with E-state index < -0.39 is 0 Å². The Labute approximate surface area is 129 Å². The molecule has 0 atom stereocenters. The second-order valence-corrected chi connectivity index (χ2v) is 5.66. The number of aryl methyl sites for hydroxylation is 1. The van der Waals surface area contributed by atoms with E-state index in [0.717, 1.165) is 5.56 Å². The van der Waals surface area contributed by atoms with Gasteiger partial charge in [-0.2, -0.15) is 0 Å². The van der Waals surface area contributed by atoms with Crippen LogP contribution in [0.1, 0.15) is 24.0 Å². The van der Waals surface area contributed by atoms with Crippen LogP contribution in [0, 0.1) is 18.7 Å². The number of carbonyl (C=O) groups is 2. The molecule has 1 aliphatic heterocycles. The summed E-state index contributed by atoms with van der Waals surface area (Å²) >= 11 is 0. The minimum atomic E-state index is -0.264. The molecule has 6 heteroatoms. The number of rotatable bonds is 4. The largest absolute Gasteiger partial charge is 0.352 e. The summed E-state index contributed by atoms with van der Waals surface area (Å²) in [5.41, 5.74) is 6.66. The number of nitrogens with one attached hydrogen (secondary N) is 1. The number of hydrogen-bond donors (Lipinski definition) is 2. The number of carbonyl (C=O) groups excluding carboxylic acids is 2. The van der Waals surface area contributed by atoms with Crippen molar-refractivity contribution in [2.24, 2.45) is 11.7 Å². The first-order valence-corrected chi connectivity index (χ1v) is 7.52. The standard InChI is InChI=1S/C16H22FN3O2/c1-11-2-3-12(8-14(11)17)10-19-16(22)13-4-6-20(7-5-13)15(21)9-18/h2-3,8,13H,4-7,9-10,18H2,1H3,(H,19,22). The maximum atomic E-state index is 13.5. The van der Waals surface area contributed by atoms with Crippen LogP contribution in [0.4, 0.5) is 4.39 Å². The molecule has 0 bridgehead atoms. The van der Waals surface area contributed by atoms with Crippen molar-refractivity contribution in [2.45, 2.75) is 26.3 Å². The number of halogens is 1. The monoisotopic (exact) mass is 307 g/mol. The Balaban J connectivity index is 1.81. The molecule has 22 heavy (non-hydrogen) atoms. The molecule has 1 aliphatic rings. The molecular formula is C16H22FN3O2. The Hall–Kier alpha value is -1.95. The molecule has 1 fully saturated rings. The number of benzene rings is 1. The predicted molar refractivity (Wildman–Crippen MR) is 81.3 cm³/mol. The lowest BCUT2D eigenvalue weighted by molar-refractivity contribution is -0.134. The average Bonchev–Trinajstić information content (AvgIpc) is 2.55. The molecule has 0 saturated carbocycles. The van der Waals surface area contributed by atoms with Gasteiger partial charge in [0.05, 0.1) is 6.54 Å². The zero-order valence-corrected chi connectivity index (χ0v) is 12.8. The smallest absolute Gasteiger partial charge is 0.236 e. The lowest BCUT2D eigenvalue weighted by Crippen LogP contribution is -2.44. The predicted octanol–water partition coefficient (Wildman–Crippen LogP) is 0.948. The highest BCUT2D eigenvalue weighted by atomic mass is 19.1. The summed E-state index contributed by atoms with van der Waals surface area (Å²) < 4.78 is 13.5. The van der Waals surface area contributed by atoms with E-state index in [2.05, 4.69) is 5.32 Å². The SMILES string of the molecule is Cc1ccc(CNC(=O)C2CCN(C(=O)CN)CC2)cc1F. The van der Waals surface area contributed by atoms with E-state index in [0.29, 0.717) is 38.0 Å². The van der Waals surface area contributed by atoms with E-state index in [1.807, 2.05) is 0 Å². The molecular weight excluding hydrogens is 285 g/mol. The van der Waals surface area contributed by atoms with Crippen LogP contribution in [-0.2, 0) is 16.1 Å². The summed E-state index contributed by atoms with van der Waals surface area (Å²) in [5, 5.41) is 2.84. The van der Waals surface area contributed by atoms with Crippen molar-refractivity contribution in [1.29, 1.82) is 0 Å². The summed E-state index contributed by atoms with van der Waals surface area (Å²) in [5.74, 6) is -0.479. The van der Waals surface area contributed by atoms with Gasteiger partial charge in [-0.05, 0) is 37.0 Å². The van der Waals surface area contributed by atoms with E-state index in [1.165, 1.54) is 6.07 Å². The molecule has 1 aromatic carbocycles. The fourth-order valence-electron chi connectivity index (χ4n) is 2.60. The van der Waals surface area contributed by atoms with Crippen molar-refractivity contribution in [3.05, 3.63) is 35.1 Å². The molecule has 0 radical (unpaired) electrons. The summed E-state index contributed by atoms with van der Waals surface area (Å²) in [7, 11) is 0. The van der Waals surface area contributed by atoms with Gasteiger partial charge in [-0.25, -0.2) is 4.39 Å². The van der Waals surface area contributed by atoms with Crippen molar-refractivity contribution in [2.75, 3.05) is 19.6 Å². The Morgan fingerprint density at radius 1 is 1.36 bits per heavy atom. The highest BCUT2D eigenvalue weighted by Gasteiger charge is 2.26. The van der Waals surface area contributed by atoms with Crippen LogP contribution >= 0.6 is 0 Å². The maximum Gasteiger partial charge on any atom is 0.236 e. The summed E-state index contributed by atoms with van der Waals surface area (Å²) in [6.07, 6.45) is 1.28. The van der Waals surface area contributed by atoms with Gasteiger partial charge >= 0.3 is 0 Å². The van der Waals surface area contributed by atoms with Gasteiger partial charge < -0.3 is 16.0 Å². The number of amides is 2. The zero-order chi connectivity index (χ0) is 16.1. The number of piperidine rings is 1. The van der Waals surface area contributed by atoms with E-state index in [1.54, 1.807) is 24.0 Å². The van der Waals surface area contributed by atoms with Gasteiger partial charge in [-0.1, -0.05) is 12.1 Å². The molecule has 1 saturated heterocycles. The van der Waals surface area contributed by atoms with Crippen molar-refractivity contribution >= 4 is 11.8 Å².